The number of amides is 1. The first kappa shape index (κ1) is 18.7. The average molecular weight is 344 g/mol. The van der Waals surface area contributed by atoms with Gasteiger partial charge >= 0.3 is 6.18 Å². The normalized spacial score (nSPS) is 18.5. The van der Waals surface area contributed by atoms with E-state index in [4.69, 9.17) is 5.11 Å². The van der Waals surface area contributed by atoms with Crippen LogP contribution in [-0.4, -0.2) is 65.8 Å². The fraction of sp³-hybridized carbons (Fsp3) is 0.588. The van der Waals surface area contributed by atoms with Crippen molar-refractivity contribution >= 4 is 5.91 Å². The second-order valence-corrected chi connectivity index (χ2v) is 6.64. The molecule has 0 aliphatic carbocycles. The van der Waals surface area contributed by atoms with E-state index in [9.17, 15) is 18.0 Å². The molecule has 1 aromatic rings. The van der Waals surface area contributed by atoms with Crippen LogP contribution >= 0.6 is 0 Å². The van der Waals surface area contributed by atoms with E-state index in [1.165, 1.54) is 4.90 Å². The summed E-state index contributed by atoms with van der Waals surface area (Å²) in [7, 11) is 0. The number of carbonyl (C=O) groups excluding carboxylic acids is 1. The minimum Gasteiger partial charge on any atom is -0.382 e. The molecule has 0 radical (unpaired) electrons. The van der Waals surface area contributed by atoms with Gasteiger partial charge in [0.05, 0.1) is 5.41 Å². The summed E-state index contributed by atoms with van der Waals surface area (Å²) in [5.74, 6) is -0.0373. The van der Waals surface area contributed by atoms with Crippen molar-refractivity contribution in [2.45, 2.75) is 31.5 Å². The van der Waals surface area contributed by atoms with E-state index in [1.54, 1.807) is 4.90 Å². The molecule has 0 spiro atoms. The van der Waals surface area contributed by atoms with E-state index in [0.29, 0.717) is 26.2 Å². The van der Waals surface area contributed by atoms with Crippen molar-refractivity contribution in [1.82, 2.24) is 9.80 Å². The number of benzene rings is 1. The Morgan fingerprint density at radius 3 is 2.17 bits per heavy atom. The van der Waals surface area contributed by atoms with Crippen molar-refractivity contribution in [3.8, 4) is 0 Å². The standard InChI is InChI=1S/C17H23F3N2O2/c1-16(2,13-6-4-3-5-7-13)15(24)22-10-8-21(9-11-22)12-14(23)17(18,19)20/h3-7,14,23H,8-12H2,1-2H3/t14-/m0/s1. The number of nitrogens with zero attached hydrogens (tertiary/aromatic N) is 2. The molecule has 0 saturated carbocycles. The third-order valence-corrected chi connectivity index (χ3v) is 4.50. The van der Waals surface area contributed by atoms with Crippen LogP contribution in [0.4, 0.5) is 13.2 Å². The summed E-state index contributed by atoms with van der Waals surface area (Å²) in [5, 5.41) is 9.14. The molecule has 1 aliphatic heterocycles. The van der Waals surface area contributed by atoms with Gasteiger partial charge in [-0.3, -0.25) is 9.69 Å². The maximum Gasteiger partial charge on any atom is 0.415 e. The molecule has 0 unspecified atom stereocenters. The molecule has 7 heteroatoms. The molecule has 4 nitrogen and oxygen atoms in total. The lowest BCUT2D eigenvalue weighted by Crippen LogP contribution is -2.55. The number of carbonyl (C=O) groups is 1. The number of β-amino-alcohol motifs (C(OH)–C–C–N with tert-alkyl or cyclic N) is 1. The Kier molecular flexibility index (Phi) is 5.55. The Morgan fingerprint density at radius 2 is 1.67 bits per heavy atom. The van der Waals surface area contributed by atoms with Crippen LogP contribution in [0, 0.1) is 0 Å². The highest BCUT2D eigenvalue weighted by molar-refractivity contribution is 5.87. The maximum atomic E-state index is 12.8. The van der Waals surface area contributed by atoms with Crippen molar-refractivity contribution < 1.29 is 23.1 Å². The van der Waals surface area contributed by atoms with E-state index in [2.05, 4.69) is 0 Å². The zero-order chi connectivity index (χ0) is 18.0. The molecule has 1 aromatic carbocycles. The average Bonchev–Trinajstić information content (AvgIpc) is 2.55. The predicted octanol–water partition coefficient (Wildman–Crippen LogP) is 2.03. The van der Waals surface area contributed by atoms with Crippen LogP contribution in [0.5, 0.6) is 0 Å². The molecule has 1 heterocycles. The summed E-state index contributed by atoms with van der Waals surface area (Å²) in [6, 6.07) is 9.43. The van der Waals surface area contributed by atoms with Crippen molar-refractivity contribution in [3.05, 3.63) is 35.9 Å². The van der Waals surface area contributed by atoms with Crippen molar-refractivity contribution in [3.63, 3.8) is 0 Å². The molecule has 1 N–H and O–H groups in total. The van der Waals surface area contributed by atoms with Gasteiger partial charge in [0.1, 0.15) is 0 Å². The number of aliphatic hydroxyl groups excluding tert-OH is 1. The number of halogens is 3. The number of aliphatic hydroxyl groups is 1. The quantitative estimate of drug-likeness (QED) is 0.909. The molecule has 0 aromatic heterocycles. The van der Waals surface area contributed by atoms with Crippen molar-refractivity contribution in [2.24, 2.45) is 0 Å². The lowest BCUT2D eigenvalue weighted by molar-refractivity contribution is -0.209. The first-order valence-corrected chi connectivity index (χ1v) is 7.94. The maximum absolute atomic E-state index is 12.8. The van der Waals surface area contributed by atoms with Crippen LogP contribution in [0.3, 0.4) is 0 Å². The molecule has 1 saturated heterocycles. The first-order chi connectivity index (χ1) is 11.1. The Hall–Kier alpha value is -1.60. The largest absolute Gasteiger partial charge is 0.415 e. The zero-order valence-electron chi connectivity index (χ0n) is 13.9. The Balaban J connectivity index is 1.93. The van der Waals surface area contributed by atoms with E-state index < -0.39 is 24.2 Å². The van der Waals surface area contributed by atoms with Gasteiger partial charge in [-0.15, -0.1) is 0 Å². The molecule has 2 rings (SSSR count). The van der Waals surface area contributed by atoms with E-state index >= 15 is 0 Å². The van der Waals surface area contributed by atoms with E-state index in [0.717, 1.165) is 5.56 Å². The number of piperazine rings is 1. The Labute approximate surface area is 139 Å². The van der Waals surface area contributed by atoms with Crippen molar-refractivity contribution in [1.29, 1.82) is 0 Å². The molecular formula is C17H23F3N2O2. The fourth-order valence-electron chi connectivity index (χ4n) is 2.86. The van der Waals surface area contributed by atoms with Crippen LogP contribution in [0.2, 0.25) is 0 Å². The van der Waals surface area contributed by atoms with Gasteiger partial charge in [0, 0.05) is 32.7 Å². The van der Waals surface area contributed by atoms with Crippen LogP contribution in [0.1, 0.15) is 19.4 Å². The van der Waals surface area contributed by atoms with Gasteiger partial charge in [-0.25, -0.2) is 0 Å². The molecule has 24 heavy (non-hydrogen) atoms. The Bertz CT molecular complexity index is 553. The predicted molar refractivity (Wildman–Crippen MR) is 84.5 cm³/mol. The third kappa shape index (κ3) is 4.27. The number of hydrogen-bond acceptors (Lipinski definition) is 3. The van der Waals surface area contributed by atoms with Gasteiger partial charge in [-0.2, -0.15) is 13.2 Å². The highest BCUT2D eigenvalue weighted by atomic mass is 19.4. The SMILES string of the molecule is CC(C)(C(=O)N1CCN(C[C@H](O)C(F)(F)F)CC1)c1ccccc1. The van der Waals surface area contributed by atoms with E-state index in [-0.39, 0.29) is 5.91 Å². The smallest absolute Gasteiger partial charge is 0.382 e. The molecule has 1 amide bonds. The van der Waals surface area contributed by atoms with Gasteiger partial charge < -0.3 is 10.0 Å². The highest BCUT2D eigenvalue weighted by Gasteiger charge is 2.40. The molecule has 1 atom stereocenters. The molecule has 0 bridgehead atoms. The Morgan fingerprint density at radius 1 is 1.12 bits per heavy atom. The van der Waals surface area contributed by atoms with Gasteiger partial charge in [0.2, 0.25) is 5.91 Å². The molecule has 1 fully saturated rings. The van der Waals surface area contributed by atoms with Gasteiger partial charge in [-0.1, -0.05) is 30.3 Å². The number of hydrogen-bond donors (Lipinski definition) is 1. The fourth-order valence-corrected chi connectivity index (χ4v) is 2.86. The summed E-state index contributed by atoms with van der Waals surface area (Å²) in [6.45, 7) is 4.62. The topological polar surface area (TPSA) is 43.8 Å². The number of alkyl halides is 3. The summed E-state index contributed by atoms with van der Waals surface area (Å²) in [5.41, 5.74) is 0.222. The minimum atomic E-state index is -4.61. The van der Waals surface area contributed by atoms with Gasteiger partial charge in [0.25, 0.3) is 0 Å². The summed E-state index contributed by atoms with van der Waals surface area (Å²) >= 11 is 0. The second-order valence-electron chi connectivity index (χ2n) is 6.64. The number of rotatable bonds is 4. The van der Waals surface area contributed by atoms with Gasteiger partial charge in [0.15, 0.2) is 6.10 Å². The zero-order valence-corrected chi connectivity index (χ0v) is 13.9. The molecular weight excluding hydrogens is 321 g/mol. The van der Waals surface area contributed by atoms with Crippen molar-refractivity contribution in [2.75, 3.05) is 32.7 Å². The van der Waals surface area contributed by atoms with Crippen LogP contribution in [0.25, 0.3) is 0 Å². The van der Waals surface area contributed by atoms with Crippen LogP contribution in [-0.2, 0) is 10.2 Å². The molecule has 1 aliphatic rings. The summed E-state index contributed by atoms with van der Waals surface area (Å²) < 4.78 is 37.2. The second kappa shape index (κ2) is 7.11. The molecule has 134 valence electrons. The highest BCUT2D eigenvalue weighted by Crippen LogP contribution is 2.26. The third-order valence-electron chi connectivity index (χ3n) is 4.50. The van der Waals surface area contributed by atoms with E-state index in [1.807, 2.05) is 44.2 Å². The summed E-state index contributed by atoms with van der Waals surface area (Å²) in [6.07, 6.45) is -6.96. The summed E-state index contributed by atoms with van der Waals surface area (Å²) in [4.78, 5) is 16.0. The van der Waals surface area contributed by atoms with Crippen LogP contribution < -0.4 is 0 Å². The first-order valence-electron chi connectivity index (χ1n) is 7.94. The van der Waals surface area contributed by atoms with Gasteiger partial charge in [-0.05, 0) is 19.4 Å². The minimum absolute atomic E-state index is 0.0373. The van der Waals surface area contributed by atoms with Crippen LogP contribution in [0.15, 0.2) is 30.3 Å². The monoisotopic (exact) mass is 344 g/mol. The lowest BCUT2D eigenvalue weighted by Gasteiger charge is -2.39. The lowest BCUT2D eigenvalue weighted by atomic mass is 9.83.